The predicted molar refractivity (Wildman–Crippen MR) is 103 cm³/mol. The van der Waals surface area contributed by atoms with Gasteiger partial charge in [0.25, 0.3) is 5.56 Å². The molecule has 136 valence electrons. The molecule has 0 fully saturated rings. The monoisotopic (exact) mass is 379 g/mol. The van der Waals surface area contributed by atoms with Gasteiger partial charge in [-0.05, 0) is 30.3 Å². The smallest absolute Gasteiger partial charge is 0.262 e. The highest BCUT2D eigenvalue weighted by atomic mass is 32.2. The lowest BCUT2D eigenvalue weighted by Gasteiger charge is -2.12. The fourth-order valence-corrected chi connectivity index (χ4v) is 3.81. The van der Waals surface area contributed by atoms with Gasteiger partial charge in [-0.2, -0.15) is 5.26 Å². The Morgan fingerprint density at radius 1 is 1.15 bits per heavy atom. The molecule has 3 aromatic rings. The molecule has 0 spiro atoms. The molecule has 7 heteroatoms. The molecule has 0 radical (unpaired) electrons. The average molecular weight is 379 g/mol. The highest BCUT2D eigenvalue weighted by Gasteiger charge is 2.13. The second kappa shape index (κ2) is 7.72. The Morgan fingerprint density at radius 2 is 1.96 bits per heavy atom. The van der Waals surface area contributed by atoms with Crippen molar-refractivity contribution in [2.24, 2.45) is 0 Å². The topological polar surface area (TPSA) is 77.1 Å². The number of benzene rings is 2. The largest absolute Gasteiger partial charge is 0.490 e. The van der Waals surface area contributed by atoms with Gasteiger partial charge in [0.2, 0.25) is 0 Å². The number of hydrogen-bond acceptors (Lipinski definition) is 6. The SMILES string of the molecule is N#CCn1c(CSc2ccc3c(c2)OCCCO3)nc2ccccc2c1=O. The molecule has 0 atom stereocenters. The molecule has 1 aliphatic rings. The number of fused-ring (bicyclic) bond motifs is 2. The van der Waals surface area contributed by atoms with Gasteiger partial charge in [-0.3, -0.25) is 9.36 Å². The Hall–Kier alpha value is -2.98. The third kappa shape index (κ3) is 3.62. The van der Waals surface area contributed by atoms with Gasteiger partial charge >= 0.3 is 0 Å². The Labute approximate surface area is 160 Å². The Morgan fingerprint density at radius 3 is 2.81 bits per heavy atom. The van der Waals surface area contributed by atoms with Crippen LogP contribution in [0.4, 0.5) is 0 Å². The first-order chi connectivity index (χ1) is 13.3. The van der Waals surface area contributed by atoms with Crippen molar-refractivity contribution >= 4 is 22.7 Å². The summed E-state index contributed by atoms with van der Waals surface area (Å²) in [5, 5.41) is 9.64. The Balaban J connectivity index is 1.64. The summed E-state index contributed by atoms with van der Waals surface area (Å²) in [6.07, 6.45) is 0.860. The minimum Gasteiger partial charge on any atom is -0.490 e. The van der Waals surface area contributed by atoms with Crippen LogP contribution in [0.1, 0.15) is 12.2 Å². The summed E-state index contributed by atoms with van der Waals surface area (Å²) in [4.78, 5) is 18.3. The van der Waals surface area contributed by atoms with Crippen LogP contribution < -0.4 is 15.0 Å². The number of aromatic nitrogens is 2. The van der Waals surface area contributed by atoms with Crippen LogP contribution in [0.5, 0.6) is 11.5 Å². The van der Waals surface area contributed by atoms with Crippen molar-refractivity contribution in [3.8, 4) is 17.6 Å². The van der Waals surface area contributed by atoms with Gasteiger partial charge in [0.15, 0.2) is 11.5 Å². The van der Waals surface area contributed by atoms with Gasteiger partial charge in [-0.1, -0.05) is 12.1 Å². The minimum absolute atomic E-state index is 0.0201. The molecule has 4 rings (SSSR count). The van der Waals surface area contributed by atoms with Gasteiger partial charge in [0, 0.05) is 11.3 Å². The highest BCUT2D eigenvalue weighted by molar-refractivity contribution is 7.98. The van der Waals surface area contributed by atoms with Crippen LogP contribution in [0.25, 0.3) is 10.9 Å². The summed E-state index contributed by atoms with van der Waals surface area (Å²) >= 11 is 1.54. The summed E-state index contributed by atoms with van der Waals surface area (Å²) in [5.74, 6) is 2.54. The fourth-order valence-electron chi connectivity index (χ4n) is 2.94. The molecular formula is C20H17N3O3S. The van der Waals surface area contributed by atoms with E-state index < -0.39 is 0 Å². The molecule has 0 aliphatic carbocycles. The first kappa shape index (κ1) is 17.4. The first-order valence-corrected chi connectivity index (χ1v) is 9.62. The van der Waals surface area contributed by atoms with E-state index >= 15 is 0 Å². The second-order valence-electron chi connectivity index (χ2n) is 6.04. The van der Waals surface area contributed by atoms with Crippen molar-refractivity contribution in [3.63, 3.8) is 0 Å². The number of hydrogen-bond donors (Lipinski definition) is 0. The lowest BCUT2D eigenvalue weighted by atomic mass is 10.2. The van der Waals surface area contributed by atoms with Crippen molar-refractivity contribution in [1.29, 1.82) is 5.26 Å². The predicted octanol–water partition coefficient (Wildman–Crippen LogP) is 3.37. The van der Waals surface area contributed by atoms with Crippen molar-refractivity contribution in [2.75, 3.05) is 13.2 Å². The number of ether oxygens (including phenoxy) is 2. The van der Waals surface area contributed by atoms with Crippen LogP contribution in [0.15, 0.2) is 52.2 Å². The van der Waals surface area contributed by atoms with E-state index in [1.54, 1.807) is 23.9 Å². The van der Waals surface area contributed by atoms with Crippen molar-refractivity contribution < 1.29 is 9.47 Å². The summed E-state index contributed by atoms with van der Waals surface area (Å²) in [5.41, 5.74) is 0.461. The number of nitriles is 1. The van der Waals surface area contributed by atoms with Gasteiger partial charge < -0.3 is 9.47 Å². The maximum atomic E-state index is 12.7. The van der Waals surface area contributed by atoms with E-state index in [0.717, 1.165) is 22.8 Å². The maximum Gasteiger partial charge on any atom is 0.262 e. The van der Waals surface area contributed by atoms with Gasteiger partial charge in [0.05, 0.1) is 35.9 Å². The van der Waals surface area contributed by atoms with E-state index in [1.807, 2.05) is 30.3 Å². The quantitative estimate of drug-likeness (QED) is 0.647. The van der Waals surface area contributed by atoms with E-state index in [-0.39, 0.29) is 12.1 Å². The summed E-state index contributed by atoms with van der Waals surface area (Å²) in [7, 11) is 0. The van der Waals surface area contributed by atoms with Gasteiger partial charge in [0.1, 0.15) is 12.4 Å². The minimum atomic E-state index is -0.184. The molecule has 6 nitrogen and oxygen atoms in total. The summed E-state index contributed by atoms with van der Waals surface area (Å²) in [6, 6.07) is 15.1. The van der Waals surface area contributed by atoms with Crippen molar-refractivity contribution in [3.05, 3.63) is 58.6 Å². The summed E-state index contributed by atoms with van der Waals surface area (Å²) < 4.78 is 12.8. The Bertz CT molecular complexity index is 1090. The molecule has 0 amide bonds. The number of thioether (sulfide) groups is 1. The molecule has 27 heavy (non-hydrogen) atoms. The van der Waals surface area contributed by atoms with E-state index in [9.17, 15) is 4.79 Å². The normalized spacial score (nSPS) is 13.1. The molecule has 2 heterocycles. The van der Waals surface area contributed by atoms with Crippen LogP contribution in [0.3, 0.4) is 0 Å². The second-order valence-corrected chi connectivity index (χ2v) is 7.09. The zero-order valence-electron chi connectivity index (χ0n) is 14.6. The number of para-hydroxylation sites is 1. The third-order valence-electron chi connectivity index (χ3n) is 4.26. The molecule has 0 saturated heterocycles. The van der Waals surface area contributed by atoms with Crippen molar-refractivity contribution in [1.82, 2.24) is 9.55 Å². The molecule has 0 bridgehead atoms. The van der Waals surface area contributed by atoms with Crippen molar-refractivity contribution in [2.45, 2.75) is 23.6 Å². The third-order valence-corrected chi connectivity index (χ3v) is 5.25. The molecule has 1 aliphatic heterocycles. The van der Waals surface area contributed by atoms with E-state index in [0.29, 0.717) is 35.7 Å². The molecule has 0 saturated carbocycles. The van der Waals surface area contributed by atoms with E-state index in [1.165, 1.54) is 4.57 Å². The van der Waals surface area contributed by atoms with Crippen LogP contribution in [-0.2, 0) is 12.3 Å². The van der Waals surface area contributed by atoms with Crippen LogP contribution in [0, 0.1) is 11.3 Å². The molecule has 0 unspecified atom stereocenters. The zero-order chi connectivity index (χ0) is 18.6. The van der Waals surface area contributed by atoms with Crippen LogP contribution in [0.2, 0.25) is 0 Å². The first-order valence-electron chi connectivity index (χ1n) is 8.64. The van der Waals surface area contributed by atoms with Gasteiger partial charge in [-0.25, -0.2) is 4.98 Å². The van der Waals surface area contributed by atoms with E-state index in [4.69, 9.17) is 14.7 Å². The van der Waals surface area contributed by atoms with Crippen LogP contribution in [-0.4, -0.2) is 22.8 Å². The maximum absolute atomic E-state index is 12.7. The Kier molecular flexibility index (Phi) is 4.99. The highest BCUT2D eigenvalue weighted by Crippen LogP contribution is 2.34. The molecular weight excluding hydrogens is 362 g/mol. The average Bonchev–Trinajstić information content (AvgIpc) is 2.94. The zero-order valence-corrected chi connectivity index (χ0v) is 15.4. The molecule has 1 aromatic heterocycles. The van der Waals surface area contributed by atoms with Gasteiger partial charge in [-0.15, -0.1) is 11.8 Å². The number of rotatable bonds is 4. The summed E-state index contributed by atoms with van der Waals surface area (Å²) in [6.45, 7) is 1.27. The fraction of sp³-hybridized carbons (Fsp3) is 0.250. The lowest BCUT2D eigenvalue weighted by molar-refractivity contribution is 0.297. The number of nitrogens with zero attached hydrogens (tertiary/aromatic N) is 3. The molecule has 2 aromatic carbocycles. The standard InChI is InChI=1S/C20H17N3O3S/c21-8-9-23-19(22-16-5-2-1-4-15(16)20(23)24)13-27-14-6-7-17-18(12-14)26-11-3-10-25-17/h1-2,4-7,12H,3,9-11,13H2. The van der Waals surface area contributed by atoms with Crippen LogP contribution >= 0.6 is 11.8 Å². The van der Waals surface area contributed by atoms with E-state index in [2.05, 4.69) is 11.1 Å². The lowest BCUT2D eigenvalue weighted by Crippen LogP contribution is -2.24. The molecule has 0 N–H and O–H groups in total.